The van der Waals surface area contributed by atoms with Crippen LogP contribution in [0.3, 0.4) is 0 Å². The third kappa shape index (κ3) is 2.92. The monoisotopic (exact) mass is 214 g/mol. The summed E-state index contributed by atoms with van der Waals surface area (Å²) >= 11 is 0. The van der Waals surface area contributed by atoms with Gasteiger partial charge in [0.25, 0.3) is 0 Å². The number of ether oxygens (including phenoxy) is 1. The van der Waals surface area contributed by atoms with Crippen LogP contribution in [0.25, 0.3) is 0 Å². The van der Waals surface area contributed by atoms with Gasteiger partial charge in [-0.15, -0.1) is 0 Å². The lowest BCUT2D eigenvalue weighted by molar-refractivity contribution is -0.147. The first-order valence-corrected chi connectivity index (χ1v) is 5.43. The summed E-state index contributed by atoms with van der Waals surface area (Å²) in [6.07, 6.45) is 1.08. The fraction of sp³-hybridized carbons (Fsp3) is 0.909. The van der Waals surface area contributed by atoms with Gasteiger partial charge in [0.05, 0.1) is 7.11 Å². The number of nitrogens with zero attached hydrogens (tertiary/aromatic N) is 1. The smallest absolute Gasteiger partial charge is 0.325 e. The van der Waals surface area contributed by atoms with Gasteiger partial charge in [-0.1, -0.05) is 0 Å². The second kappa shape index (κ2) is 4.49. The number of methoxy groups -OCH3 is 1. The van der Waals surface area contributed by atoms with Crippen LogP contribution in [0.1, 0.15) is 27.2 Å². The molecule has 0 aromatic carbocycles. The molecule has 0 saturated carbocycles. The molecule has 88 valence electrons. The summed E-state index contributed by atoms with van der Waals surface area (Å²) in [5.74, 6) is -0.204. The Bertz CT molecular complexity index is 231. The number of esters is 1. The van der Waals surface area contributed by atoms with Crippen LogP contribution in [0.2, 0.25) is 0 Å². The highest BCUT2D eigenvalue weighted by atomic mass is 16.5. The molecule has 0 spiro atoms. The Balaban J connectivity index is 2.52. The topological polar surface area (TPSA) is 41.6 Å². The van der Waals surface area contributed by atoms with Gasteiger partial charge in [0.15, 0.2) is 0 Å². The van der Waals surface area contributed by atoms with Crippen molar-refractivity contribution in [1.82, 2.24) is 10.2 Å². The first-order valence-electron chi connectivity index (χ1n) is 5.43. The van der Waals surface area contributed by atoms with Crippen LogP contribution in [0.15, 0.2) is 0 Å². The Kier molecular flexibility index (Phi) is 3.73. The van der Waals surface area contributed by atoms with Crippen molar-refractivity contribution in [3.63, 3.8) is 0 Å². The van der Waals surface area contributed by atoms with E-state index >= 15 is 0 Å². The zero-order chi connectivity index (χ0) is 11.6. The number of carbonyl (C=O) groups is 1. The molecule has 15 heavy (non-hydrogen) atoms. The average molecular weight is 214 g/mol. The first-order chi connectivity index (χ1) is 6.86. The third-order valence-electron chi connectivity index (χ3n) is 3.15. The second-order valence-corrected chi connectivity index (χ2v) is 4.98. The van der Waals surface area contributed by atoms with Crippen molar-refractivity contribution in [2.45, 2.75) is 44.8 Å². The van der Waals surface area contributed by atoms with E-state index in [-0.39, 0.29) is 5.97 Å². The van der Waals surface area contributed by atoms with Gasteiger partial charge in [0.2, 0.25) is 0 Å². The quantitative estimate of drug-likeness (QED) is 0.699. The summed E-state index contributed by atoms with van der Waals surface area (Å²) in [6.45, 7) is 6.91. The average Bonchev–Trinajstić information content (AvgIpc) is 2.43. The third-order valence-corrected chi connectivity index (χ3v) is 3.15. The molecule has 4 nitrogen and oxygen atoms in total. The molecule has 1 heterocycles. The van der Waals surface area contributed by atoms with E-state index in [4.69, 9.17) is 4.74 Å². The van der Waals surface area contributed by atoms with Gasteiger partial charge in [-0.2, -0.15) is 0 Å². The highest BCUT2D eigenvalue weighted by molar-refractivity contribution is 5.79. The first kappa shape index (κ1) is 12.5. The highest BCUT2D eigenvalue weighted by Gasteiger charge is 2.35. The normalized spacial score (nSPS) is 28.1. The van der Waals surface area contributed by atoms with Crippen molar-refractivity contribution in [2.75, 3.05) is 20.7 Å². The molecule has 0 aromatic heterocycles. The van der Waals surface area contributed by atoms with E-state index in [0.29, 0.717) is 12.1 Å². The Morgan fingerprint density at radius 2 is 2.13 bits per heavy atom. The molecule has 2 unspecified atom stereocenters. The van der Waals surface area contributed by atoms with Crippen LogP contribution in [0, 0.1) is 0 Å². The molecule has 4 heteroatoms. The minimum atomic E-state index is -0.593. The Hall–Kier alpha value is -0.610. The molecular formula is C11H22N2O2. The van der Waals surface area contributed by atoms with Crippen molar-refractivity contribution in [2.24, 2.45) is 0 Å². The fourth-order valence-electron chi connectivity index (χ4n) is 2.12. The minimum Gasteiger partial charge on any atom is -0.468 e. The molecule has 1 aliphatic rings. The van der Waals surface area contributed by atoms with E-state index < -0.39 is 5.54 Å². The number of nitrogens with one attached hydrogen (secondary N) is 1. The van der Waals surface area contributed by atoms with Gasteiger partial charge in [-0.25, -0.2) is 0 Å². The maximum Gasteiger partial charge on any atom is 0.325 e. The van der Waals surface area contributed by atoms with Crippen LogP contribution < -0.4 is 5.32 Å². The summed E-state index contributed by atoms with van der Waals surface area (Å²) in [6, 6.07) is 0.954. The fourth-order valence-corrected chi connectivity index (χ4v) is 2.12. The van der Waals surface area contributed by atoms with Crippen molar-refractivity contribution in [3.05, 3.63) is 0 Å². The Morgan fingerprint density at radius 1 is 1.53 bits per heavy atom. The molecule has 1 N–H and O–H groups in total. The van der Waals surface area contributed by atoms with Gasteiger partial charge in [-0.05, 0) is 34.2 Å². The van der Waals surface area contributed by atoms with Crippen LogP contribution in [-0.4, -0.2) is 49.2 Å². The van der Waals surface area contributed by atoms with Crippen LogP contribution in [0.4, 0.5) is 0 Å². The summed E-state index contributed by atoms with van der Waals surface area (Å²) < 4.78 is 4.76. The molecule has 0 amide bonds. The molecular weight excluding hydrogens is 192 g/mol. The maximum absolute atomic E-state index is 11.5. The predicted molar refractivity (Wildman–Crippen MR) is 59.7 cm³/mol. The van der Waals surface area contributed by atoms with E-state index in [1.807, 2.05) is 13.8 Å². The number of rotatable bonds is 3. The van der Waals surface area contributed by atoms with Crippen molar-refractivity contribution >= 4 is 5.97 Å². The SMILES string of the molecule is COC(=O)C(C)(C)NC1CC(C)N(C)C1. The van der Waals surface area contributed by atoms with E-state index in [0.717, 1.165) is 13.0 Å². The lowest BCUT2D eigenvalue weighted by Gasteiger charge is -2.27. The van der Waals surface area contributed by atoms with Crippen molar-refractivity contribution < 1.29 is 9.53 Å². The zero-order valence-corrected chi connectivity index (χ0v) is 10.3. The summed E-state index contributed by atoms with van der Waals surface area (Å²) in [5.41, 5.74) is -0.593. The summed E-state index contributed by atoms with van der Waals surface area (Å²) in [4.78, 5) is 13.8. The standard InChI is InChI=1S/C11H22N2O2/c1-8-6-9(7-13(8)4)12-11(2,3)10(14)15-5/h8-9,12H,6-7H2,1-5H3. The number of hydrogen-bond acceptors (Lipinski definition) is 4. The van der Waals surface area contributed by atoms with Crippen molar-refractivity contribution in [3.8, 4) is 0 Å². The Labute approximate surface area is 92.0 Å². The predicted octanol–water partition coefficient (Wildman–Crippen LogP) is 0.620. The van der Waals surface area contributed by atoms with E-state index in [2.05, 4.69) is 24.2 Å². The second-order valence-electron chi connectivity index (χ2n) is 4.98. The molecule has 2 atom stereocenters. The van der Waals surface area contributed by atoms with Crippen LogP contribution in [0.5, 0.6) is 0 Å². The maximum atomic E-state index is 11.5. The number of likely N-dealkylation sites (tertiary alicyclic amines) is 1. The van der Waals surface area contributed by atoms with E-state index in [1.54, 1.807) is 0 Å². The van der Waals surface area contributed by atoms with Crippen LogP contribution >= 0.6 is 0 Å². The molecule has 0 radical (unpaired) electrons. The molecule has 0 aromatic rings. The van der Waals surface area contributed by atoms with Gasteiger partial charge in [0, 0.05) is 18.6 Å². The molecule has 1 rings (SSSR count). The van der Waals surface area contributed by atoms with Gasteiger partial charge >= 0.3 is 5.97 Å². The number of hydrogen-bond donors (Lipinski definition) is 1. The lowest BCUT2D eigenvalue weighted by Crippen LogP contribution is -2.52. The number of likely N-dealkylation sites (N-methyl/N-ethyl adjacent to an activating group) is 1. The summed E-state index contributed by atoms with van der Waals surface area (Å²) in [7, 11) is 3.53. The Morgan fingerprint density at radius 3 is 2.53 bits per heavy atom. The highest BCUT2D eigenvalue weighted by Crippen LogP contribution is 2.18. The minimum absolute atomic E-state index is 0.204. The molecule has 1 fully saturated rings. The van der Waals surface area contributed by atoms with E-state index in [1.165, 1.54) is 7.11 Å². The van der Waals surface area contributed by atoms with Crippen molar-refractivity contribution in [1.29, 1.82) is 0 Å². The molecule has 1 saturated heterocycles. The zero-order valence-electron chi connectivity index (χ0n) is 10.3. The lowest BCUT2D eigenvalue weighted by atomic mass is 10.0. The van der Waals surface area contributed by atoms with Gasteiger partial charge < -0.3 is 9.64 Å². The van der Waals surface area contributed by atoms with Gasteiger partial charge in [0.1, 0.15) is 5.54 Å². The largest absolute Gasteiger partial charge is 0.468 e. The molecule has 0 bridgehead atoms. The molecule has 1 aliphatic heterocycles. The van der Waals surface area contributed by atoms with Gasteiger partial charge in [-0.3, -0.25) is 10.1 Å². The summed E-state index contributed by atoms with van der Waals surface area (Å²) in [5, 5.41) is 3.35. The van der Waals surface area contributed by atoms with E-state index in [9.17, 15) is 4.79 Å². The molecule has 0 aliphatic carbocycles. The number of carbonyl (C=O) groups excluding carboxylic acids is 1. The van der Waals surface area contributed by atoms with Crippen LogP contribution in [-0.2, 0) is 9.53 Å².